The lowest BCUT2D eigenvalue weighted by Crippen LogP contribution is -2.08. The maximum Gasteiger partial charge on any atom is 0.166 e. The molecule has 0 radical (unpaired) electrons. The minimum absolute atomic E-state index is 0.0369. The average Bonchev–Trinajstić information content (AvgIpc) is 3.36. The van der Waals surface area contributed by atoms with Crippen molar-refractivity contribution in [2.75, 3.05) is 23.8 Å². The highest BCUT2D eigenvalue weighted by molar-refractivity contribution is 6.08. The number of pyridine rings is 2. The Morgan fingerprint density at radius 1 is 1.11 bits per heavy atom. The van der Waals surface area contributed by atoms with E-state index in [4.69, 9.17) is 15.1 Å². The molecule has 0 bridgehead atoms. The molecular formula is C27H31N9O. The van der Waals surface area contributed by atoms with Crippen LogP contribution in [0, 0.1) is 0 Å². The van der Waals surface area contributed by atoms with Gasteiger partial charge in [-0.25, -0.2) is 19.9 Å². The van der Waals surface area contributed by atoms with Gasteiger partial charge in [0.25, 0.3) is 0 Å². The van der Waals surface area contributed by atoms with Crippen LogP contribution in [-0.2, 0) is 6.54 Å². The first-order chi connectivity index (χ1) is 18.0. The van der Waals surface area contributed by atoms with Crippen LogP contribution in [0.15, 0.2) is 66.8 Å². The Kier molecular flexibility index (Phi) is 8.32. The van der Waals surface area contributed by atoms with E-state index < -0.39 is 0 Å². The molecule has 0 aliphatic heterocycles. The third-order valence-electron chi connectivity index (χ3n) is 5.50. The number of hydrogen-bond donors (Lipinski definition) is 3. The normalized spacial score (nSPS) is 11.7. The van der Waals surface area contributed by atoms with Gasteiger partial charge in [0.2, 0.25) is 0 Å². The lowest BCUT2D eigenvalue weighted by Gasteiger charge is -2.12. The van der Waals surface area contributed by atoms with E-state index in [1.807, 2.05) is 48.0 Å². The summed E-state index contributed by atoms with van der Waals surface area (Å²) in [4.78, 5) is 27.3. The van der Waals surface area contributed by atoms with Gasteiger partial charge in [-0.15, -0.1) is 0 Å². The summed E-state index contributed by atoms with van der Waals surface area (Å²) >= 11 is 0. The fourth-order valence-electron chi connectivity index (χ4n) is 3.55. The number of fused-ring (bicyclic) bond motifs is 1. The van der Waals surface area contributed by atoms with Crippen molar-refractivity contribution in [2.24, 2.45) is 4.99 Å². The number of aliphatic hydroxyl groups is 1. The molecule has 4 aromatic heterocycles. The molecule has 3 N–H and O–H groups in total. The summed E-state index contributed by atoms with van der Waals surface area (Å²) in [7, 11) is 0. The second-order valence-electron chi connectivity index (χ2n) is 8.59. The molecule has 0 saturated carbocycles. The minimum atomic E-state index is 0.0369. The summed E-state index contributed by atoms with van der Waals surface area (Å²) in [6.07, 6.45) is 10.6. The summed E-state index contributed by atoms with van der Waals surface area (Å²) in [6.45, 7) is 11.1. The smallest absolute Gasteiger partial charge is 0.166 e. The Morgan fingerprint density at radius 2 is 1.97 bits per heavy atom. The number of aromatic nitrogens is 6. The van der Waals surface area contributed by atoms with Gasteiger partial charge in [0.05, 0.1) is 18.6 Å². The zero-order valence-electron chi connectivity index (χ0n) is 21.3. The van der Waals surface area contributed by atoms with E-state index >= 15 is 0 Å². The quantitative estimate of drug-likeness (QED) is 0.259. The van der Waals surface area contributed by atoms with Crippen LogP contribution in [0.1, 0.15) is 38.1 Å². The van der Waals surface area contributed by atoms with Crippen molar-refractivity contribution in [1.82, 2.24) is 29.5 Å². The molecule has 0 saturated heterocycles. The van der Waals surface area contributed by atoms with E-state index in [1.165, 1.54) is 0 Å². The number of imidazole rings is 1. The predicted molar refractivity (Wildman–Crippen MR) is 148 cm³/mol. The summed E-state index contributed by atoms with van der Waals surface area (Å²) in [5.74, 6) is 1.86. The zero-order valence-corrected chi connectivity index (χ0v) is 21.3. The number of aliphatic hydroxyl groups excluding tert-OH is 1. The topological polar surface area (TPSA) is 126 Å². The molecule has 0 amide bonds. The van der Waals surface area contributed by atoms with Gasteiger partial charge in [0.1, 0.15) is 11.3 Å². The minimum Gasteiger partial charge on any atom is -0.395 e. The predicted octanol–water partition coefficient (Wildman–Crippen LogP) is 4.50. The highest BCUT2D eigenvalue weighted by Crippen LogP contribution is 2.26. The maximum absolute atomic E-state index is 9.01. The number of hydrogen-bond acceptors (Lipinski definition) is 9. The molecular weight excluding hydrogens is 466 g/mol. The summed E-state index contributed by atoms with van der Waals surface area (Å²) in [6, 6.07) is 7.86. The second kappa shape index (κ2) is 12.0. The molecule has 0 aliphatic carbocycles. The first-order valence-corrected chi connectivity index (χ1v) is 12.1. The summed E-state index contributed by atoms with van der Waals surface area (Å²) in [5.41, 5.74) is 4.72. The Balaban J connectivity index is 1.59. The maximum atomic E-state index is 9.01. The van der Waals surface area contributed by atoms with Gasteiger partial charge in [-0.3, -0.25) is 9.98 Å². The molecule has 190 valence electrons. The number of anilines is 2. The number of nitrogens with one attached hydrogen (secondary N) is 2. The Hall–Kier alpha value is -4.44. The molecule has 37 heavy (non-hydrogen) atoms. The lowest BCUT2D eigenvalue weighted by molar-refractivity contribution is 0.311. The second-order valence-corrected chi connectivity index (χ2v) is 8.59. The van der Waals surface area contributed by atoms with Crippen molar-refractivity contribution in [3.63, 3.8) is 0 Å². The summed E-state index contributed by atoms with van der Waals surface area (Å²) < 4.78 is 2.02. The summed E-state index contributed by atoms with van der Waals surface area (Å²) in [5, 5.41) is 15.5. The van der Waals surface area contributed by atoms with Crippen LogP contribution in [0.25, 0.3) is 28.1 Å². The van der Waals surface area contributed by atoms with Crippen LogP contribution < -0.4 is 10.6 Å². The number of nitrogens with zero attached hydrogens (tertiary/aromatic N) is 7. The standard InChI is InChI=1S/C27H31N9O/c1-5-10-28-13-19(4)22-8-6-20(14-30-22)15-32-26-24-27(36(17-33-24)18(2)3)35-25(34-26)21-7-9-23(31-16-21)29-11-12-37/h5-10,13-14,16-18,37H,4,11-12,15H2,1-3H3,(H,29,31)(H,32,34,35)/b10-5-,28-13?. The zero-order chi connectivity index (χ0) is 26.2. The molecule has 0 spiro atoms. The fraction of sp³-hybridized carbons (Fsp3) is 0.259. The van der Waals surface area contributed by atoms with E-state index in [9.17, 15) is 0 Å². The molecule has 4 rings (SSSR count). The van der Waals surface area contributed by atoms with E-state index in [-0.39, 0.29) is 12.6 Å². The fourth-order valence-corrected chi connectivity index (χ4v) is 3.55. The van der Waals surface area contributed by atoms with Crippen LogP contribution in [-0.4, -0.2) is 54.0 Å². The molecule has 0 unspecified atom stereocenters. The average molecular weight is 498 g/mol. The molecule has 10 nitrogen and oxygen atoms in total. The largest absolute Gasteiger partial charge is 0.395 e. The van der Waals surface area contributed by atoms with E-state index in [0.29, 0.717) is 36.1 Å². The van der Waals surface area contributed by atoms with Crippen molar-refractivity contribution >= 4 is 34.6 Å². The van der Waals surface area contributed by atoms with Gasteiger partial charge in [-0.05, 0) is 44.5 Å². The first kappa shape index (κ1) is 25.6. The van der Waals surface area contributed by atoms with Gasteiger partial charge >= 0.3 is 0 Å². The lowest BCUT2D eigenvalue weighted by atomic mass is 10.2. The molecule has 0 atom stereocenters. The van der Waals surface area contributed by atoms with Crippen LogP contribution in [0.3, 0.4) is 0 Å². The van der Waals surface area contributed by atoms with Crippen molar-refractivity contribution in [1.29, 1.82) is 0 Å². The van der Waals surface area contributed by atoms with Crippen molar-refractivity contribution < 1.29 is 5.11 Å². The van der Waals surface area contributed by atoms with Gasteiger partial charge in [-0.1, -0.05) is 18.7 Å². The highest BCUT2D eigenvalue weighted by Gasteiger charge is 2.16. The highest BCUT2D eigenvalue weighted by atomic mass is 16.3. The van der Waals surface area contributed by atoms with Crippen molar-refractivity contribution in [3.05, 3.63) is 73.1 Å². The Labute approximate surface area is 216 Å². The molecule has 10 heteroatoms. The Morgan fingerprint density at radius 3 is 2.65 bits per heavy atom. The van der Waals surface area contributed by atoms with E-state index in [0.717, 1.165) is 28.0 Å². The van der Waals surface area contributed by atoms with Crippen molar-refractivity contribution in [3.8, 4) is 11.4 Å². The SMILES string of the molecule is C=C(C=N/C=C\C)c1ccc(CNc2nc(-c3ccc(NCCO)nc3)nc3c2ncn3C(C)C)cn1. The molecule has 0 aromatic carbocycles. The number of aliphatic imine (C=N–C) groups is 1. The third kappa shape index (κ3) is 6.22. The van der Waals surface area contributed by atoms with Crippen LogP contribution in [0.2, 0.25) is 0 Å². The van der Waals surface area contributed by atoms with Gasteiger partial charge in [0, 0.05) is 55.1 Å². The molecule has 4 heterocycles. The first-order valence-electron chi connectivity index (χ1n) is 12.1. The molecule has 4 aromatic rings. The van der Waals surface area contributed by atoms with E-state index in [2.05, 4.69) is 51.0 Å². The van der Waals surface area contributed by atoms with Gasteiger partial charge < -0.3 is 20.3 Å². The van der Waals surface area contributed by atoms with Crippen LogP contribution in [0.4, 0.5) is 11.6 Å². The third-order valence-corrected chi connectivity index (χ3v) is 5.50. The monoisotopic (exact) mass is 497 g/mol. The van der Waals surface area contributed by atoms with Crippen molar-refractivity contribution in [2.45, 2.75) is 33.4 Å². The van der Waals surface area contributed by atoms with Crippen LogP contribution >= 0.6 is 0 Å². The van der Waals surface area contributed by atoms with Gasteiger partial charge in [-0.2, -0.15) is 0 Å². The number of allylic oxidation sites excluding steroid dienone is 2. The van der Waals surface area contributed by atoms with Gasteiger partial charge in [0.15, 0.2) is 17.3 Å². The molecule has 0 aliphatic rings. The van der Waals surface area contributed by atoms with E-state index in [1.54, 1.807) is 24.9 Å². The Bertz CT molecular complexity index is 1400. The molecule has 0 fully saturated rings. The van der Waals surface area contributed by atoms with Crippen LogP contribution in [0.5, 0.6) is 0 Å². The number of rotatable bonds is 11.